The number of methoxy groups -OCH3 is 3. The van der Waals surface area contributed by atoms with Gasteiger partial charge in [-0.2, -0.15) is 0 Å². The van der Waals surface area contributed by atoms with E-state index in [1.165, 1.54) is 5.56 Å². The highest BCUT2D eigenvalue weighted by Gasteiger charge is 2.35. The van der Waals surface area contributed by atoms with E-state index in [-0.39, 0.29) is 18.3 Å². The van der Waals surface area contributed by atoms with E-state index in [1.54, 1.807) is 21.3 Å². The SMILES string of the molecule is COc1ccc(C2CN(Cc3ccccc3)Cc3c2ccc(OC)c3[N+]#N)cc1OC.[Cl-]. The molecule has 7 heteroatoms. The van der Waals surface area contributed by atoms with Gasteiger partial charge in [-0.25, -0.2) is 0 Å². The van der Waals surface area contributed by atoms with Crippen LogP contribution in [0, 0.1) is 5.39 Å². The molecule has 1 heterocycles. The fourth-order valence-electron chi connectivity index (χ4n) is 4.36. The number of fused-ring (bicyclic) bond motifs is 1. The Bertz CT molecular complexity index is 1120. The zero-order valence-corrected chi connectivity index (χ0v) is 19.2. The Kier molecular flexibility index (Phi) is 7.57. The van der Waals surface area contributed by atoms with Crippen LogP contribution in [0.25, 0.3) is 4.98 Å². The number of diazo groups is 1. The van der Waals surface area contributed by atoms with Crippen LogP contribution in [0.3, 0.4) is 0 Å². The van der Waals surface area contributed by atoms with E-state index in [2.05, 4.69) is 46.3 Å². The first-order valence-electron chi connectivity index (χ1n) is 10.2. The van der Waals surface area contributed by atoms with Gasteiger partial charge in [0.1, 0.15) is 0 Å². The van der Waals surface area contributed by atoms with Gasteiger partial charge in [0.2, 0.25) is 11.1 Å². The summed E-state index contributed by atoms with van der Waals surface area (Å²) in [6.45, 7) is 2.30. The average Bonchev–Trinajstić information content (AvgIpc) is 2.82. The van der Waals surface area contributed by atoms with Crippen LogP contribution >= 0.6 is 0 Å². The molecular formula is C25H26ClN3O3. The predicted molar refractivity (Wildman–Crippen MR) is 120 cm³/mol. The van der Waals surface area contributed by atoms with E-state index in [0.29, 0.717) is 29.5 Å². The number of rotatable bonds is 6. The molecule has 0 aromatic heterocycles. The molecule has 0 radical (unpaired) electrons. The summed E-state index contributed by atoms with van der Waals surface area (Å²) in [5.41, 5.74) is 4.95. The van der Waals surface area contributed by atoms with Gasteiger partial charge in [-0.15, -0.1) is 0 Å². The summed E-state index contributed by atoms with van der Waals surface area (Å²) in [4.78, 5) is 5.96. The highest BCUT2D eigenvalue weighted by molar-refractivity contribution is 5.67. The maximum absolute atomic E-state index is 9.78. The fraction of sp³-hybridized carbons (Fsp3) is 0.280. The Morgan fingerprint density at radius 2 is 1.59 bits per heavy atom. The molecule has 0 N–H and O–H groups in total. The second kappa shape index (κ2) is 10.4. The van der Waals surface area contributed by atoms with E-state index < -0.39 is 0 Å². The minimum Gasteiger partial charge on any atom is -1.00 e. The largest absolute Gasteiger partial charge is 1.00 e. The third kappa shape index (κ3) is 4.50. The molecule has 32 heavy (non-hydrogen) atoms. The van der Waals surface area contributed by atoms with Crippen molar-refractivity contribution >= 4 is 5.69 Å². The van der Waals surface area contributed by atoms with E-state index >= 15 is 0 Å². The van der Waals surface area contributed by atoms with Gasteiger partial charge in [-0.1, -0.05) is 42.5 Å². The maximum Gasteiger partial charge on any atom is 0.430 e. The van der Waals surface area contributed by atoms with Crippen molar-refractivity contribution in [2.45, 2.75) is 19.0 Å². The molecular weight excluding hydrogens is 426 g/mol. The van der Waals surface area contributed by atoms with Crippen molar-refractivity contribution in [3.05, 3.63) is 87.9 Å². The van der Waals surface area contributed by atoms with Crippen LogP contribution in [-0.2, 0) is 13.1 Å². The molecule has 1 aliphatic heterocycles. The first kappa shape index (κ1) is 23.4. The molecule has 0 saturated carbocycles. The highest BCUT2D eigenvalue weighted by Crippen LogP contribution is 2.44. The highest BCUT2D eigenvalue weighted by atomic mass is 35.5. The van der Waals surface area contributed by atoms with Crippen LogP contribution in [0.1, 0.15) is 28.2 Å². The first-order valence-corrected chi connectivity index (χ1v) is 10.2. The van der Waals surface area contributed by atoms with Crippen molar-refractivity contribution < 1.29 is 26.6 Å². The van der Waals surface area contributed by atoms with E-state index in [1.807, 2.05) is 24.3 Å². The van der Waals surface area contributed by atoms with Crippen LogP contribution in [0.4, 0.5) is 5.69 Å². The molecule has 1 atom stereocenters. The van der Waals surface area contributed by atoms with Crippen LogP contribution in [-0.4, -0.2) is 32.8 Å². The molecule has 6 nitrogen and oxygen atoms in total. The van der Waals surface area contributed by atoms with Gasteiger partial charge >= 0.3 is 5.69 Å². The van der Waals surface area contributed by atoms with E-state index in [4.69, 9.17) is 14.2 Å². The lowest BCUT2D eigenvalue weighted by atomic mass is 9.83. The zero-order chi connectivity index (χ0) is 21.8. The summed E-state index contributed by atoms with van der Waals surface area (Å²) in [6, 6.07) is 20.4. The lowest BCUT2D eigenvalue weighted by Crippen LogP contribution is -3.00. The lowest BCUT2D eigenvalue weighted by molar-refractivity contribution is -0.00000730. The lowest BCUT2D eigenvalue weighted by Gasteiger charge is -2.34. The summed E-state index contributed by atoms with van der Waals surface area (Å²) in [5, 5.41) is 9.78. The topological polar surface area (TPSA) is 59.1 Å². The summed E-state index contributed by atoms with van der Waals surface area (Å²) in [5.74, 6) is 2.04. The summed E-state index contributed by atoms with van der Waals surface area (Å²) in [7, 11) is 4.87. The Hall–Kier alpha value is -3.27. The van der Waals surface area contributed by atoms with E-state index in [0.717, 1.165) is 29.8 Å². The minimum absolute atomic E-state index is 0. The van der Waals surface area contributed by atoms with Crippen LogP contribution in [0.5, 0.6) is 17.2 Å². The monoisotopic (exact) mass is 451 g/mol. The quantitative estimate of drug-likeness (QED) is 0.538. The number of hydrogen-bond acceptors (Lipinski definition) is 5. The molecule has 0 spiro atoms. The van der Waals surface area contributed by atoms with Crippen LogP contribution in [0.2, 0.25) is 0 Å². The molecule has 3 aromatic carbocycles. The molecule has 0 amide bonds. The molecule has 0 bridgehead atoms. The Balaban J connectivity index is 0.00000289. The molecule has 1 unspecified atom stereocenters. The van der Waals surface area contributed by atoms with Gasteiger partial charge in [-0.05, 0) is 34.9 Å². The third-order valence-corrected chi connectivity index (χ3v) is 5.86. The standard InChI is InChI=1S/C25H26N3O3.ClH/c1-29-22-11-9-18(13-24(22)31-3)20-15-28(14-17-7-5-4-6-8-17)16-21-19(20)10-12-23(30-2)25(21)27-26;/h4-13,20H,14-16H2,1-3H3;1H/q+1;/p-1. The number of hydrogen-bond donors (Lipinski definition) is 0. The Morgan fingerprint density at radius 1 is 0.906 bits per heavy atom. The molecule has 0 fully saturated rings. The Morgan fingerprint density at radius 3 is 2.25 bits per heavy atom. The fourth-order valence-corrected chi connectivity index (χ4v) is 4.36. The average molecular weight is 452 g/mol. The van der Waals surface area contributed by atoms with E-state index in [9.17, 15) is 5.39 Å². The molecule has 4 rings (SSSR count). The van der Waals surface area contributed by atoms with Crippen molar-refractivity contribution in [3.8, 4) is 17.2 Å². The molecule has 3 aromatic rings. The van der Waals surface area contributed by atoms with Crippen LogP contribution in [0.15, 0.2) is 60.7 Å². The number of ether oxygens (including phenoxy) is 3. The Labute approximate surface area is 194 Å². The van der Waals surface area contributed by atoms with Crippen molar-refractivity contribution in [3.63, 3.8) is 0 Å². The summed E-state index contributed by atoms with van der Waals surface area (Å²) in [6.07, 6.45) is 0. The summed E-state index contributed by atoms with van der Waals surface area (Å²) < 4.78 is 16.4. The number of benzene rings is 3. The van der Waals surface area contributed by atoms with Gasteiger partial charge < -0.3 is 26.6 Å². The van der Waals surface area contributed by atoms with Crippen molar-refractivity contribution in [1.82, 2.24) is 4.90 Å². The van der Waals surface area contributed by atoms with Crippen LogP contribution < -0.4 is 26.6 Å². The molecule has 1 aliphatic rings. The van der Waals surface area contributed by atoms with Gasteiger partial charge in [0.25, 0.3) is 0 Å². The normalized spacial score (nSPS) is 15.1. The number of nitrogens with zero attached hydrogens (tertiary/aromatic N) is 3. The second-order valence-corrected chi connectivity index (χ2v) is 7.61. The smallest absolute Gasteiger partial charge is 0.430 e. The van der Waals surface area contributed by atoms with Gasteiger partial charge in [0.15, 0.2) is 16.5 Å². The molecule has 166 valence electrons. The minimum atomic E-state index is 0. The maximum atomic E-state index is 9.78. The van der Waals surface area contributed by atoms with Gasteiger partial charge in [0.05, 0.1) is 26.9 Å². The predicted octanol–water partition coefficient (Wildman–Crippen LogP) is 2.35. The molecule has 0 aliphatic carbocycles. The van der Waals surface area contributed by atoms with Crippen molar-refractivity contribution in [2.24, 2.45) is 0 Å². The third-order valence-electron chi connectivity index (χ3n) is 5.86. The van der Waals surface area contributed by atoms with Crippen molar-refractivity contribution in [1.29, 1.82) is 5.39 Å². The second-order valence-electron chi connectivity index (χ2n) is 7.61. The summed E-state index contributed by atoms with van der Waals surface area (Å²) >= 11 is 0. The molecule has 0 saturated heterocycles. The van der Waals surface area contributed by atoms with Crippen molar-refractivity contribution in [2.75, 3.05) is 27.9 Å². The van der Waals surface area contributed by atoms with Gasteiger partial charge in [0, 0.05) is 25.6 Å². The van der Waals surface area contributed by atoms with Gasteiger partial charge in [-0.3, -0.25) is 4.90 Å². The zero-order valence-electron chi connectivity index (χ0n) is 18.4. The number of halogens is 1. The first-order chi connectivity index (χ1) is 15.2.